The second-order valence-electron chi connectivity index (χ2n) is 6.67. The normalized spacial score (nSPS) is 10.9. The third-order valence-corrected chi connectivity index (χ3v) is 4.49. The fourth-order valence-electron chi connectivity index (χ4n) is 2.61. The number of halogens is 2. The SMILES string of the molecule is CC(C)C(=O)NCc1ccc(Cl)c(-c2nc(-c3ccc(F)cc3)cc(=O)[nH]2)c1. The summed E-state index contributed by atoms with van der Waals surface area (Å²) in [5.41, 5.74) is 2.04. The second-order valence-corrected chi connectivity index (χ2v) is 7.08. The Labute approximate surface area is 166 Å². The molecule has 0 aliphatic heterocycles. The number of H-pyrrole nitrogens is 1. The molecule has 1 aromatic heterocycles. The Balaban J connectivity index is 1.96. The zero-order valence-electron chi connectivity index (χ0n) is 15.4. The smallest absolute Gasteiger partial charge is 0.251 e. The molecular formula is C21H19ClFN3O2. The maximum atomic E-state index is 13.2. The molecule has 0 unspecified atom stereocenters. The summed E-state index contributed by atoms with van der Waals surface area (Å²) in [5.74, 6) is -0.236. The van der Waals surface area contributed by atoms with E-state index in [9.17, 15) is 14.0 Å². The van der Waals surface area contributed by atoms with E-state index in [1.54, 1.807) is 30.3 Å². The lowest BCUT2D eigenvalue weighted by Gasteiger charge is -2.11. The molecule has 1 amide bonds. The lowest BCUT2D eigenvalue weighted by Crippen LogP contribution is -2.27. The first-order valence-electron chi connectivity index (χ1n) is 8.77. The minimum absolute atomic E-state index is 0.0543. The maximum absolute atomic E-state index is 13.2. The van der Waals surface area contributed by atoms with Gasteiger partial charge in [-0.2, -0.15) is 0 Å². The van der Waals surface area contributed by atoms with Crippen LogP contribution >= 0.6 is 11.6 Å². The van der Waals surface area contributed by atoms with Gasteiger partial charge in [-0.3, -0.25) is 9.59 Å². The number of rotatable bonds is 5. The van der Waals surface area contributed by atoms with Gasteiger partial charge in [0.25, 0.3) is 5.56 Å². The zero-order chi connectivity index (χ0) is 20.3. The topological polar surface area (TPSA) is 74.8 Å². The molecule has 2 N–H and O–H groups in total. The van der Waals surface area contributed by atoms with E-state index < -0.39 is 0 Å². The zero-order valence-corrected chi connectivity index (χ0v) is 16.2. The molecule has 0 saturated carbocycles. The van der Waals surface area contributed by atoms with E-state index in [0.29, 0.717) is 34.2 Å². The van der Waals surface area contributed by atoms with Crippen LogP contribution in [0.3, 0.4) is 0 Å². The van der Waals surface area contributed by atoms with Gasteiger partial charge in [0.15, 0.2) is 0 Å². The maximum Gasteiger partial charge on any atom is 0.251 e. The van der Waals surface area contributed by atoms with Crippen LogP contribution in [-0.2, 0) is 11.3 Å². The first-order chi connectivity index (χ1) is 13.3. The number of hydrogen-bond donors (Lipinski definition) is 2. The Morgan fingerprint density at radius 1 is 1.18 bits per heavy atom. The van der Waals surface area contributed by atoms with Crippen LogP contribution in [0.15, 0.2) is 53.3 Å². The third kappa shape index (κ3) is 4.64. The van der Waals surface area contributed by atoms with E-state index in [2.05, 4.69) is 15.3 Å². The van der Waals surface area contributed by atoms with Gasteiger partial charge in [0.05, 0.1) is 10.7 Å². The van der Waals surface area contributed by atoms with E-state index in [1.165, 1.54) is 18.2 Å². The molecule has 144 valence electrons. The van der Waals surface area contributed by atoms with E-state index in [0.717, 1.165) is 5.56 Å². The van der Waals surface area contributed by atoms with Gasteiger partial charge in [0.1, 0.15) is 11.6 Å². The highest BCUT2D eigenvalue weighted by Gasteiger charge is 2.12. The molecule has 0 atom stereocenters. The number of amides is 1. The van der Waals surface area contributed by atoms with Crippen LogP contribution in [0.25, 0.3) is 22.6 Å². The number of aromatic amines is 1. The summed E-state index contributed by atoms with van der Waals surface area (Å²) in [4.78, 5) is 31.1. The van der Waals surface area contributed by atoms with Crippen molar-refractivity contribution in [3.63, 3.8) is 0 Å². The van der Waals surface area contributed by atoms with Crippen LogP contribution in [-0.4, -0.2) is 15.9 Å². The van der Waals surface area contributed by atoms with Crippen LogP contribution in [0.5, 0.6) is 0 Å². The van der Waals surface area contributed by atoms with Crippen LogP contribution in [0.1, 0.15) is 19.4 Å². The van der Waals surface area contributed by atoms with E-state index >= 15 is 0 Å². The van der Waals surface area contributed by atoms with Crippen molar-refractivity contribution in [1.82, 2.24) is 15.3 Å². The number of hydrogen-bond acceptors (Lipinski definition) is 3. The Morgan fingerprint density at radius 3 is 2.57 bits per heavy atom. The highest BCUT2D eigenvalue weighted by Crippen LogP contribution is 2.27. The molecule has 7 heteroatoms. The van der Waals surface area contributed by atoms with Crippen LogP contribution < -0.4 is 10.9 Å². The van der Waals surface area contributed by atoms with Gasteiger partial charge in [0.2, 0.25) is 5.91 Å². The number of nitrogens with one attached hydrogen (secondary N) is 2. The van der Waals surface area contributed by atoms with Crippen molar-refractivity contribution >= 4 is 17.5 Å². The molecule has 3 rings (SSSR count). The van der Waals surface area contributed by atoms with Gasteiger partial charge in [-0.1, -0.05) is 31.5 Å². The highest BCUT2D eigenvalue weighted by atomic mass is 35.5. The van der Waals surface area contributed by atoms with Crippen molar-refractivity contribution in [2.45, 2.75) is 20.4 Å². The number of carbonyl (C=O) groups excluding carboxylic acids is 1. The Morgan fingerprint density at radius 2 is 1.89 bits per heavy atom. The van der Waals surface area contributed by atoms with Gasteiger partial charge in [0, 0.05) is 29.7 Å². The fraction of sp³-hybridized carbons (Fsp3) is 0.190. The number of carbonyl (C=O) groups is 1. The minimum Gasteiger partial charge on any atom is -0.352 e. The summed E-state index contributed by atoms with van der Waals surface area (Å²) in [6.07, 6.45) is 0. The van der Waals surface area contributed by atoms with Crippen molar-refractivity contribution in [2.75, 3.05) is 0 Å². The average molecular weight is 400 g/mol. The number of nitrogens with zero attached hydrogens (tertiary/aromatic N) is 1. The lowest BCUT2D eigenvalue weighted by molar-refractivity contribution is -0.124. The molecule has 1 heterocycles. The molecule has 2 aromatic carbocycles. The molecule has 5 nitrogen and oxygen atoms in total. The molecule has 28 heavy (non-hydrogen) atoms. The Hall–Kier alpha value is -2.99. The molecular weight excluding hydrogens is 381 g/mol. The molecule has 0 radical (unpaired) electrons. The summed E-state index contributed by atoms with van der Waals surface area (Å²) < 4.78 is 13.2. The second kappa shape index (κ2) is 8.35. The van der Waals surface area contributed by atoms with E-state index in [-0.39, 0.29) is 23.2 Å². The Kier molecular flexibility index (Phi) is 5.90. The lowest BCUT2D eigenvalue weighted by atomic mass is 10.1. The summed E-state index contributed by atoms with van der Waals surface area (Å²) >= 11 is 6.32. The summed E-state index contributed by atoms with van der Waals surface area (Å²) in [7, 11) is 0. The highest BCUT2D eigenvalue weighted by molar-refractivity contribution is 6.33. The molecule has 0 aliphatic rings. The summed E-state index contributed by atoms with van der Waals surface area (Å²) in [5, 5.41) is 3.26. The molecule has 0 spiro atoms. The van der Waals surface area contributed by atoms with Crippen LogP contribution in [0, 0.1) is 11.7 Å². The van der Waals surface area contributed by atoms with Gasteiger partial charge >= 0.3 is 0 Å². The molecule has 0 aliphatic carbocycles. The fourth-order valence-corrected chi connectivity index (χ4v) is 2.82. The minimum atomic E-state index is -0.368. The quantitative estimate of drug-likeness (QED) is 0.676. The van der Waals surface area contributed by atoms with Gasteiger partial charge in [-0.05, 0) is 42.0 Å². The molecule has 0 bridgehead atoms. The molecule has 3 aromatic rings. The first-order valence-corrected chi connectivity index (χ1v) is 9.15. The monoisotopic (exact) mass is 399 g/mol. The van der Waals surface area contributed by atoms with Crippen molar-refractivity contribution in [3.8, 4) is 22.6 Å². The molecule has 0 saturated heterocycles. The largest absolute Gasteiger partial charge is 0.352 e. The first kappa shape index (κ1) is 19.8. The third-order valence-electron chi connectivity index (χ3n) is 4.16. The number of aromatic nitrogens is 2. The predicted molar refractivity (Wildman–Crippen MR) is 107 cm³/mol. The number of benzene rings is 2. The van der Waals surface area contributed by atoms with Crippen molar-refractivity contribution in [1.29, 1.82) is 0 Å². The van der Waals surface area contributed by atoms with Crippen molar-refractivity contribution < 1.29 is 9.18 Å². The van der Waals surface area contributed by atoms with E-state index in [4.69, 9.17) is 11.6 Å². The molecule has 0 fully saturated rings. The van der Waals surface area contributed by atoms with Gasteiger partial charge < -0.3 is 10.3 Å². The predicted octanol–water partition coefficient (Wildman–Crippen LogP) is 4.17. The van der Waals surface area contributed by atoms with Gasteiger partial charge in [-0.15, -0.1) is 0 Å². The standard InChI is InChI=1S/C21H19ClFN3O2/c1-12(2)21(28)24-11-13-3-8-17(22)16(9-13)20-25-18(10-19(27)26-20)14-4-6-15(23)7-5-14/h3-10,12H,11H2,1-2H3,(H,24,28)(H,25,26,27). The van der Waals surface area contributed by atoms with Crippen LogP contribution in [0.4, 0.5) is 4.39 Å². The van der Waals surface area contributed by atoms with Crippen molar-refractivity contribution in [3.05, 3.63) is 75.3 Å². The van der Waals surface area contributed by atoms with Crippen LogP contribution in [0.2, 0.25) is 5.02 Å². The average Bonchev–Trinajstić information content (AvgIpc) is 2.67. The summed E-state index contributed by atoms with van der Waals surface area (Å²) in [6, 6.07) is 12.3. The van der Waals surface area contributed by atoms with Gasteiger partial charge in [-0.25, -0.2) is 9.37 Å². The van der Waals surface area contributed by atoms with Crippen molar-refractivity contribution in [2.24, 2.45) is 5.92 Å². The Bertz CT molecular complexity index is 1060. The van der Waals surface area contributed by atoms with E-state index in [1.807, 2.05) is 13.8 Å². The summed E-state index contributed by atoms with van der Waals surface area (Å²) in [6.45, 7) is 3.97.